The second-order valence-electron chi connectivity index (χ2n) is 5.51. The predicted molar refractivity (Wildman–Crippen MR) is 68.9 cm³/mol. The van der Waals surface area contributed by atoms with Crippen molar-refractivity contribution < 1.29 is 4.79 Å². The Morgan fingerprint density at radius 2 is 2.24 bits per heavy atom. The number of hydrogen-bond donors (Lipinski definition) is 2. The van der Waals surface area contributed by atoms with Crippen LogP contribution in [0.2, 0.25) is 0 Å². The Balaban J connectivity index is 1.75. The zero-order valence-corrected chi connectivity index (χ0v) is 11.0. The number of carbonyl (C=O) groups excluding carboxylic acids is 1. The van der Waals surface area contributed by atoms with Crippen LogP contribution in [0.3, 0.4) is 0 Å². The van der Waals surface area contributed by atoms with Crippen molar-refractivity contribution in [1.29, 1.82) is 0 Å². The molecule has 2 rings (SSSR count). The van der Waals surface area contributed by atoms with Crippen LogP contribution in [0, 0.1) is 5.92 Å². The molecule has 4 nitrogen and oxygen atoms in total. The third-order valence-electron chi connectivity index (χ3n) is 4.30. The molecule has 0 spiro atoms. The molecule has 2 aliphatic rings. The Kier molecular flexibility index (Phi) is 4.40. The van der Waals surface area contributed by atoms with Gasteiger partial charge in [-0.3, -0.25) is 4.79 Å². The summed E-state index contributed by atoms with van der Waals surface area (Å²) in [5, 5.41) is 6.46. The molecule has 2 fully saturated rings. The lowest BCUT2D eigenvalue weighted by Gasteiger charge is -2.32. The first-order valence-electron chi connectivity index (χ1n) is 6.90. The lowest BCUT2D eigenvalue weighted by atomic mass is 10.00. The van der Waals surface area contributed by atoms with E-state index in [2.05, 4.69) is 29.5 Å². The third-order valence-corrected chi connectivity index (χ3v) is 4.30. The van der Waals surface area contributed by atoms with Gasteiger partial charge < -0.3 is 15.5 Å². The Hall–Kier alpha value is -0.610. The molecule has 0 aromatic rings. The third kappa shape index (κ3) is 3.19. The largest absolute Gasteiger partial charge is 0.354 e. The summed E-state index contributed by atoms with van der Waals surface area (Å²) in [6.07, 6.45) is 4.79. The minimum absolute atomic E-state index is 0.170. The highest BCUT2D eigenvalue weighted by Gasteiger charge is 2.30. The molecule has 2 N–H and O–H groups in total. The van der Waals surface area contributed by atoms with Gasteiger partial charge in [0.2, 0.25) is 5.91 Å². The maximum Gasteiger partial charge on any atom is 0.224 e. The van der Waals surface area contributed by atoms with Crippen molar-refractivity contribution in [3.8, 4) is 0 Å². The molecule has 3 unspecified atom stereocenters. The minimum atomic E-state index is 0.170. The van der Waals surface area contributed by atoms with E-state index in [-0.39, 0.29) is 11.8 Å². The van der Waals surface area contributed by atoms with E-state index in [0.717, 1.165) is 19.5 Å². The summed E-state index contributed by atoms with van der Waals surface area (Å²) in [7, 11) is 2.16. The SMILES string of the molecule is CC1NCCC1C(=O)NCC1CCCCN1C. The average Bonchev–Trinajstić information content (AvgIpc) is 2.74. The highest BCUT2D eigenvalue weighted by Crippen LogP contribution is 2.17. The van der Waals surface area contributed by atoms with Crippen molar-refractivity contribution in [2.45, 2.75) is 44.7 Å². The maximum atomic E-state index is 12.0. The molecule has 1 amide bonds. The number of likely N-dealkylation sites (N-methyl/N-ethyl adjacent to an activating group) is 1. The highest BCUT2D eigenvalue weighted by molar-refractivity contribution is 5.79. The van der Waals surface area contributed by atoms with Crippen molar-refractivity contribution in [2.24, 2.45) is 5.92 Å². The summed E-state index contributed by atoms with van der Waals surface area (Å²) in [5.41, 5.74) is 0. The molecule has 2 heterocycles. The molecule has 0 saturated carbocycles. The number of nitrogens with one attached hydrogen (secondary N) is 2. The van der Waals surface area contributed by atoms with Crippen molar-refractivity contribution in [3.05, 3.63) is 0 Å². The summed E-state index contributed by atoms with van der Waals surface area (Å²) in [4.78, 5) is 14.4. The number of piperidine rings is 1. The molecule has 4 heteroatoms. The van der Waals surface area contributed by atoms with E-state index in [1.807, 2.05) is 0 Å². The van der Waals surface area contributed by atoms with Gasteiger partial charge >= 0.3 is 0 Å². The Morgan fingerprint density at radius 1 is 1.41 bits per heavy atom. The quantitative estimate of drug-likeness (QED) is 0.757. The van der Waals surface area contributed by atoms with E-state index in [9.17, 15) is 4.79 Å². The van der Waals surface area contributed by atoms with E-state index in [4.69, 9.17) is 0 Å². The van der Waals surface area contributed by atoms with Gasteiger partial charge in [-0.25, -0.2) is 0 Å². The van der Waals surface area contributed by atoms with E-state index < -0.39 is 0 Å². The van der Waals surface area contributed by atoms with Crippen molar-refractivity contribution >= 4 is 5.91 Å². The lowest BCUT2D eigenvalue weighted by molar-refractivity contribution is -0.125. The van der Waals surface area contributed by atoms with E-state index in [1.165, 1.54) is 25.8 Å². The second kappa shape index (κ2) is 5.83. The molecule has 0 aromatic carbocycles. The van der Waals surface area contributed by atoms with Crippen LogP contribution in [0.4, 0.5) is 0 Å². The molecule has 0 aliphatic carbocycles. The molecule has 3 atom stereocenters. The van der Waals surface area contributed by atoms with Crippen LogP contribution in [0.15, 0.2) is 0 Å². The van der Waals surface area contributed by atoms with Crippen LogP contribution in [0.1, 0.15) is 32.6 Å². The smallest absolute Gasteiger partial charge is 0.224 e. The van der Waals surface area contributed by atoms with Gasteiger partial charge in [0.25, 0.3) is 0 Å². The van der Waals surface area contributed by atoms with Crippen LogP contribution < -0.4 is 10.6 Å². The van der Waals surface area contributed by atoms with Crippen LogP contribution in [-0.4, -0.2) is 49.6 Å². The normalized spacial score (nSPS) is 34.8. The van der Waals surface area contributed by atoms with Crippen LogP contribution in [0.5, 0.6) is 0 Å². The van der Waals surface area contributed by atoms with Gasteiger partial charge in [-0.1, -0.05) is 6.42 Å². The molecule has 17 heavy (non-hydrogen) atoms. The molecule has 0 aromatic heterocycles. The predicted octanol–water partition coefficient (Wildman–Crippen LogP) is 0.585. The Bertz CT molecular complexity index is 269. The number of likely N-dealkylation sites (tertiary alicyclic amines) is 1. The van der Waals surface area contributed by atoms with Gasteiger partial charge in [0.15, 0.2) is 0 Å². The van der Waals surface area contributed by atoms with Crippen LogP contribution in [0.25, 0.3) is 0 Å². The Morgan fingerprint density at radius 3 is 2.88 bits per heavy atom. The van der Waals surface area contributed by atoms with Crippen molar-refractivity contribution in [3.63, 3.8) is 0 Å². The number of hydrogen-bond acceptors (Lipinski definition) is 3. The van der Waals surface area contributed by atoms with Crippen LogP contribution >= 0.6 is 0 Å². The molecule has 0 bridgehead atoms. The molecule has 98 valence electrons. The second-order valence-corrected chi connectivity index (χ2v) is 5.51. The van der Waals surface area contributed by atoms with E-state index >= 15 is 0 Å². The first-order valence-corrected chi connectivity index (χ1v) is 6.90. The number of carbonyl (C=O) groups is 1. The number of amides is 1. The summed E-state index contributed by atoms with van der Waals surface area (Å²) >= 11 is 0. The van der Waals surface area contributed by atoms with Crippen molar-refractivity contribution in [2.75, 3.05) is 26.7 Å². The summed E-state index contributed by atoms with van der Waals surface area (Å²) in [6, 6.07) is 0.872. The molecule has 2 saturated heterocycles. The monoisotopic (exact) mass is 239 g/mol. The van der Waals surface area contributed by atoms with Gasteiger partial charge in [0.05, 0.1) is 5.92 Å². The zero-order chi connectivity index (χ0) is 12.3. The van der Waals surface area contributed by atoms with Gasteiger partial charge in [-0.05, 0) is 46.3 Å². The first-order chi connectivity index (χ1) is 8.18. The van der Waals surface area contributed by atoms with Gasteiger partial charge in [-0.2, -0.15) is 0 Å². The average molecular weight is 239 g/mol. The lowest BCUT2D eigenvalue weighted by Crippen LogP contribution is -2.46. The molecule has 2 aliphatic heterocycles. The van der Waals surface area contributed by atoms with Crippen molar-refractivity contribution in [1.82, 2.24) is 15.5 Å². The first kappa shape index (κ1) is 12.8. The molecule has 0 radical (unpaired) electrons. The fraction of sp³-hybridized carbons (Fsp3) is 0.923. The topological polar surface area (TPSA) is 44.4 Å². The zero-order valence-electron chi connectivity index (χ0n) is 11.0. The fourth-order valence-corrected chi connectivity index (χ4v) is 2.97. The summed E-state index contributed by atoms with van der Waals surface area (Å²) in [6.45, 7) is 5.06. The van der Waals surface area contributed by atoms with E-state index in [1.54, 1.807) is 0 Å². The highest BCUT2D eigenvalue weighted by atomic mass is 16.1. The summed E-state index contributed by atoms with van der Waals surface area (Å²) < 4.78 is 0. The minimum Gasteiger partial charge on any atom is -0.354 e. The molecular formula is C13H25N3O. The van der Waals surface area contributed by atoms with E-state index in [0.29, 0.717) is 12.1 Å². The number of rotatable bonds is 3. The summed E-state index contributed by atoms with van der Waals surface area (Å²) in [5.74, 6) is 0.408. The van der Waals surface area contributed by atoms with Gasteiger partial charge in [0.1, 0.15) is 0 Å². The molecular weight excluding hydrogens is 214 g/mol. The Labute approximate surface area is 104 Å². The fourth-order valence-electron chi connectivity index (χ4n) is 2.97. The van der Waals surface area contributed by atoms with Gasteiger partial charge in [0, 0.05) is 18.6 Å². The van der Waals surface area contributed by atoms with Crippen LogP contribution in [-0.2, 0) is 4.79 Å². The van der Waals surface area contributed by atoms with Gasteiger partial charge in [-0.15, -0.1) is 0 Å². The standard InChI is InChI=1S/C13H25N3O/c1-10-12(6-7-14-10)13(17)15-9-11-5-3-4-8-16(11)2/h10-12,14H,3-9H2,1-2H3,(H,15,17). The maximum absolute atomic E-state index is 12.0. The number of nitrogens with zero attached hydrogens (tertiary/aromatic N) is 1.